The van der Waals surface area contributed by atoms with Crippen LogP contribution in [0.4, 0.5) is 10.8 Å². The molecule has 2 aromatic carbocycles. The summed E-state index contributed by atoms with van der Waals surface area (Å²) in [5.41, 5.74) is 0.647. The molecule has 8 nitrogen and oxygen atoms in total. The highest BCUT2D eigenvalue weighted by atomic mass is 35.5. The van der Waals surface area contributed by atoms with Crippen molar-refractivity contribution in [2.45, 2.75) is 22.4 Å². The second kappa shape index (κ2) is 8.49. The second-order valence-electron chi connectivity index (χ2n) is 8.28. The summed E-state index contributed by atoms with van der Waals surface area (Å²) in [6, 6.07) is 17.3. The molecule has 1 spiro atoms. The predicted octanol–water partition coefficient (Wildman–Crippen LogP) is 5.23. The summed E-state index contributed by atoms with van der Waals surface area (Å²) < 4.78 is 34.2. The third-order valence-electron chi connectivity index (χ3n) is 6.08. The maximum Gasteiger partial charge on any atom is 0.294 e. The van der Waals surface area contributed by atoms with Gasteiger partial charge in [-0.15, -0.1) is 22.9 Å². The molecule has 2 atom stereocenters. The number of amides is 1. The number of allylic oxidation sites excluding steroid dienone is 1. The number of thiophene rings is 1. The van der Waals surface area contributed by atoms with E-state index in [1.165, 1.54) is 29.5 Å². The molecule has 1 N–H and O–H groups in total. The number of rotatable bonds is 5. The summed E-state index contributed by atoms with van der Waals surface area (Å²) in [7, 11) is -4.45. The molecule has 0 aliphatic carbocycles. The first kappa shape index (κ1) is 23.3. The first-order valence-corrected chi connectivity index (χ1v) is 14.4. The zero-order valence-electron chi connectivity index (χ0n) is 18.4. The van der Waals surface area contributed by atoms with Crippen LogP contribution in [0.1, 0.15) is 11.3 Å². The maximum absolute atomic E-state index is 13.2. The molecule has 0 radical (unpaired) electrons. The lowest BCUT2D eigenvalue weighted by atomic mass is 9.87. The molecule has 1 amide bonds. The lowest BCUT2D eigenvalue weighted by Gasteiger charge is -2.55. The van der Waals surface area contributed by atoms with Crippen LogP contribution in [0, 0.1) is 0 Å². The van der Waals surface area contributed by atoms with Crippen LogP contribution >= 0.6 is 34.3 Å². The third-order valence-corrected chi connectivity index (χ3v) is 9.33. The van der Waals surface area contributed by atoms with E-state index in [4.69, 9.17) is 16.7 Å². The van der Waals surface area contributed by atoms with Gasteiger partial charge in [0.2, 0.25) is 0 Å². The van der Waals surface area contributed by atoms with Gasteiger partial charge in [0.25, 0.3) is 16.0 Å². The number of anilines is 2. The van der Waals surface area contributed by atoms with Crippen molar-refractivity contribution in [3.05, 3.63) is 77.0 Å². The first-order valence-electron chi connectivity index (χ1n) is 10.8. The van der Waals surface area contributed by atoms with Crippen molar-refractivity contribution >= 4 is 83.1 Å². The fraction of sp³-hybridized carbons (Fsp3) is 0.125. The van der Waals surface area contributed by atoms with E-state index in [1.807, 2.05) is 53.9 Å². The lowest BCUT2D eigenvalue weighted by Crippen LogP contribution is -2.78. The summed E-state index contributed by atoms with van der Waals surface area (Å²) in [6.07, 6.45) is 4.09. The topological polar surface area (TPSA) is 103 Å². The second-order valence-corrected chi connectivity index (χ2v) is 12.1. The van der Waals surface area contributed by atoms with Crippen LogP contribution < -0.4 is 9.91 Å². The summed E-state index contributed by atoms with van der Waals surface area (Å²) >= 11 is 9.68. The number of carbonyl (C=O) groups is 1. The maximum atomic E-state index is 13.2. The Hall–Kier alpha value is -3.09. The number of nitrogens with zero attached hydrogens (tertiary/aromatic N) is 4. The number of β-lactam (4-membered cyclic amide) rings is 1. The van der Waals surface area contributed by atoms with Crippen molar-refractivity contribution in [1.82, 2.24) is 4.98 Å². The molecule has 182 valence electrons. The Kier molecular flexibility index (Phi) is 5.50. The molecule has 1 fully saturated rings. The van der Waals surface area contributed by atoms with Gasteiger partial charge < -0.3 is 0 Å². The number of hydrazone groups is 1. The fourth-order valence-electron chi connectivity index (χ4n) is 4.44. The van der Waals surface area contributed by atoms with Crippen molar-refractivity contribution in [2.24, 2.45) is 5.10 Å². The Morgan fingerprint density at radius 3 is 2.69 bits per heavy atom. The van der Waals surface area contributed by atoms with E-state index < -0.39 is 21.2 Å². The number of benzene rings is 2. The Balaban J connectivity index is 1.48. The van der Waals surface area contributed by atoms with E-state index in [2.05, 4.69) is 4.98 Å². The smallest absolute Gasteiger partial charge is 0.282 e. The summed E-state index contributed by atoms with van der Waals surface area (Å²) in [5.74, 6) is -0.314. The average molecular weight is 557 g/mol. The SMILES string of the molecule is O=C1C(Cl)C2(CC(C=Cc3cccs3)=NN2c2cccc(S(=O)(=O)O)c2)N1c1nc2ccccc2s1. The molecule has 36 heavy (non-hydrogen) atoms. The number of alkyl halides is 1. The summed E-state index contributed by atoms with van der Waals surface area (Å²) in [5, 5.41) is 7.82. The highest BCUT2D eigenvalue weighted by molar-refractivity contribution is 7.85. The monoisotopic (exact) mass is 556 g/mol. The number of thiazole rings is 1. The van der Waals surface area contributed by atoms with E-state index in [1.54, 1.807) is 27.3 Å². The van der Waals surface area contributed by atoms with Crippen molar-refractivity contribution in [3.8, 4) is 0 Å². The summed E-state index contributed by atoms with van der Waals surface area (Å²) in [4.78, 5) is 20.2. The largest absolute Gasteiger partial charge is 0.294 e. The molecule has 4 heterocycles. The van der Waals surface area contributed by atoms with Crippen molar-refractivity contribution < 1.29 is 17.8 Å². The van der Waals surface area contributed by atoms with Gasteiger partial charge in [0.05, 0.1) is 26.5 Å². The van der Waals surface area contributed by atoms with Crippen LogP contribution in [0.15, 0.2) is 82.1 Å². The Bertz CT molecular complexity index is 1630. The molecular formula is C24H17ClN4O4S3. The standard InChI is InChI=1S/C24H17ClN4O4S3/c25-21-22(30)28(23-26-19-8-1-2-9-20(19)35-23)24(21)14-15(10-11-17-6-4-12-34-17)27-29(24)16-5-3-7-18(13-16)36(31,32)33/h1-13,21H,14H2,(H,31,32,33). The molecular weight excluding hydrogens is 540 g/mol. The van der Waals surface area contributed by atoms with Gasteiger partial charge in [-0.05, 0) is 53.9 Å². The van der Waals surface area contributed by atoms with Crippen LogP contribution in [-0.4, -0.2) is 40.6 Å². The number of hydrogen-bond acceptors (Lipinski definition) is 8. The van der Waals surface area contributed by atoms with Crippen LogP contribution in [0.2, 0.25) is 0 Å². The van der Waals surface area contributed by atoms with Gasteiger partial charge in [-0.2, -0.15) is 13.5 Å². The number of halogens is 1. The van der Waals surface area contributed by atoms with Crippen LogP contribution in [-0.2, 0) is 14.9 Å². The van der Waals surface area contributed by atoms with Gasteiger partial charge in [-0.25, -0.2) is 9.99 Å². The van der Waals surface area contributed by atoms with E-state index in [-0.39, 0.29) is 10.8 Å². The number of carbonyl (C=O) groups excluding carboxylic acids is 1. The Labute approximate surface area is 219 Å². The van der Waals surface area contributed by atoms with E-state index in [0.29, 0.717) is 23.0 Å². The molecule has 1 saturated heterocycles. The lowest BCUT2D eigenvalue weighted by molar-refractivity contribution is -0.126. The molecule has 0 bridgehead atoms. The normalized spacial score (nSPS) is 22.1. The van der Waals surface area contributed by atoms with Gasteiger partial charge in [0.1, 0.15) is 0 Å². The number of hydrogen-bond donors (Lipinski definition) is 1. The zero-order valence-corrected chi connectivity index (χ0v) is 21.6. The molecule has 2 aliphatic heterocycles. The molecule has 2 unspecified atom stereocenters. The van der Waals surface area contributed by atoms with Gasteiger partial charge in [-0.3, -0.25) is 14.2 Å². The minimum Gasteiger partial charge on any atom is -0.282 e. The van der Waals surface area contributed by atoms with Gasteiger partial charge in [0.15, 0.2) is 16.2 Å². The van der Waals surface area contributed by atoms with Crippen LogP contribution in [0.5, 0.6) is 0 Å². The van der Waals surface area contributed by atoms with Crippen LogP contribution in [0.25, 0.3) is 16.3 Å². The van der Waals surface area contributed by atoms with Gasteiger partial charge in [0, 0.05) is 11.3 Å². The minimum absolute atomic E-state index is 0.281. The van der Waals surface area contributed by atoms with Crippen molar-refractivity contribution in [1.29, 1.82) is 0 Å². The summed E-state index contributed by atoms with van der Waals surface area (Å²) in [6.45, 7) is 0. The van der Waals surface area contributed by atoms with E-state index in [9.17, 15) is 17.8 Å². The zero-order chi connectivity index (χ0) is 25.1. The number of aromatic nitrogens is 1. The van der Waals surface area contributed by atoms with Gasteiger partial charge in [-0.1, -0.05) is 35.6 Å². The molecule has 2 aliphatic rings. The van der Waals surface area contributed by atoms with Gasteiger partial charge >= 0.3 is 0 Å². The van der Waals surface area contributed by atoms with E-state index >= 15 is 0 Å². The quantitative estimate of drug-likeness (QED) is 0.205. The molecule has 12 heteroatoms. The highest BCUT2D eigenvalue weighted by Gasteiger charge is 2.67. The molecule has 2 aromatic heterocycles. The first-order chi connectivity index (χ1) is 17.3. The molecule has 0 saturated carbocycles. The Morgan fingerprint density at radius 1 is 1.11 bits per heavy atom. The van der Waals surface area contributed by atoms with Crippen molar-refractivity contribution in [3.63, 3.8) is 0 Å². The average Bonchev–Trinajstić information content (AvgIpc) is 3.61. The molecule has 6 rings (SSSR count). The fourth-order valence-corrected chi connectivity index (χ4v) is 6.99. The Morgan fingerprint density at radius 2 is 1.94 bits per heavy atom. The minimum atomic E-state index is -4.45. The third kappa shape index (κ3) is 3.66. The predicted molar refractivity (Wildman–Crippen MR) is 144 cm³/mol. The number of para-hydroxylation sites is 1. The molecule has 4 aromatic rings. The highest BCUT2D eigenvalue weighted by Crippen LogP contribution is 2.51. The van der Waals surface area contributed by atoms with Crippen LogP contribution in [0.3, 0.4) is 0 Å². The number of fused-ring (bicyclic) bond motifs is 1. The van der Waals surface area contributed by atoms with Crippen molar-refractivity contribution in [2.75, 3.05) is 9.91 Å². The van der Waals surface area contributed by atoms with E-state index in [0.717, 1.165) is 15.1 Å².